The lowest BCUT2D eigenvalue weighted by Crippen LogP contribution is -2.48. The summed E-state index contributed by atoms with van der Waals surface area (Å²) in [5.41, 5.74) is -0.224. The van der Waals surface area contributed by atoms with E-state index >= 15 is 0 Å². The van der Waals surface area contributed by atoms with Crippen LogP contribution in [0.2, 0.25) is 0 Å². The molecule has 1 aliphatic heterocycles. The number of aliphatic hydroxyl groups is 1. The topological polar surface area (TPSA) is 133 Å². The third-order valence-corrected chi connectivity index (χ3v) is 7.36. The lowest BCUT2D eigenvalue weighted by atomic mass is 9.93. The quantitative estimate of drug-likeness (QED) is 0.609. The molecule has 11 heteroatoms. The molecule has 2 aromatic rings. The predicted octanol–water partition coefficient (Wildman–Crippen LogP) is 0.780. The summed E-state index contributed by atoms with van der Waals surface area (Å²) in [7, 11) is -3.66. The van der Waals surface area contributed by atoms with Gasteiger partial charge in [0.05, 0.1) is 24.7 Å². The van der Waals surface area contributed by atoms with Crippen LogP contribution in [0.5, 0.6) is 0 Å². The molecule has 3 N–H and O–H groups in total. The molecule has 1 aliphatic carbocycles. The molecule has 0 aromatic carbocycles. The van der Waals surface area contributed by atoms with Gasteiger partial charge in [0, 0.05) is 25.2 Å². The molecule has 30 heavy (non-hydrogen) atoms. The highest BCUT2D eigenvalue weighted by molar-refractivity contribution is 7.89. The summed E-state index contributed by atoms with van der Waals surface area (Å²) in [5.74, 6) is 0.637. The van der Waals surface area contributed by atoms with Crippen LogP contribution in [-0.4, -0.2) is 58.5 Å². The summed E-state index contributed by atoms with van der Waals surface area (Å²) in [4.78, 5) is 20.9. The van der Waals surface area contributed by atoms with Gasteiger partial charge in [0.15, 0.2) is 5.03 Å². The van der Waals surface area contributed by atoms with E-state index in [1.54, 1.807) is 6.07 Å². The first-order valence-electron chi connectivity index (χ1n) is 10.5. The SMILES string of the molecule is O=c1ccc(N2CCCCC2CNS(=O)(=O)c2cnc[nH]2)nn1C1CCCCC1O. The number of hydrogen-bond donors (Lipinski definition) is 3. The van der Waals surface area contributed by atoms with E-state index in [4.69, 9.17) is 0 Å². The Bertz CT molecular complexity index is 1010. The number of aromatic nitrogens is 4. The van der Waals surface area contributed by atoms with Crippen LogP contribution in [0.15, 0.2) is 34.5 Å². The highest BCUT2D eigenvalue weighted by Crippen LogP contribution is 2.28. The lowest BCUT2D eigenvalue weighted by molar-refractivity contribution is 0.0669. The van der Waals surface area contributed by atoms with Crippen LogP contribution in [0, 0.1) is 0 Å². The zero-order chi connectivity index (χ0) is 21.1. The molecular weight excluding hydrogens is 408 g/mol. The second kappa shape index (κ2) is 8.86. The molecule has 3 heterocycles. The van der Waals surface area contributed by atoms with Crippen molar-refractivity contribution in [2.75, 3.05) is 18.0 Å². The highest BCUT2D eigenvalue weighted by Gasteiger charge is 2.29. The first-order valence-corrected chi connectivity index (χ1v) is 12.0. The fraction of sp³-hybridized carbons (Fsp3) is 0.632. The van der Waals surface area contributed by atoms with E-state index in [0.29, 0.717) is 12.2 Å². The maximum absolute atomic E-state index is 12.4. The second-order valence-electron chi connectivity index (χ2n) is 8.00. The molecule has 3 unspecified atom stereocenters. The summed E-state index contributed by atoms with van der Waals surface area (Å²) in [6.07, 6.45) is 8.12. The van der Waals surface area contributed by atoms with Crippen LogP contribution in [0.3, 0.4) is 0 Å². The molecule has 2 fully saturated rings. The molecule has 2 aliphatic rings. The fourth-order valence-electron chi connectivity index (χ4n) is 4.37. The number of nitrogens with one attached hydrogen (secondary N) is 2. The van der Waals surface area contributed by atoms with E-state index in [2.05, 4.69) is 24.7 Å². The van der Waals surface area contributed by atoms with Gasteiger partial charge in [-0.05, 0) is 38.2 Å². The largest absolute Gasteiger partial charge is 0.391 e. The highest BCUT2D eigenvalue weighted by atomic mass is 32.2. The smallest absolute Gasteiger partial charge is 0.267 e. The number of hydrogen-bond acceptors (Lipinski definition) is 7. The Morgan fingerprint density at radius 2 is 1.97 bits per heavy atom. The first kappa shape index (κ1) is 21.0. The molecule has 164 valence electrons. The van der Waals surface area contributed by atoms with Gasteiger partial charge >= 0.3 is 0 Å². The van der Waals surface area contributed by atoms with Crippen molar-refractivity contribution < 1.29 is 13.5 Å². The molecule has 0 amide bonds. The van der Waals surface area contributed by atoms with Crippen LogP contribution in [0.4, 0.5) is 5.82 Å². The number of aromatic amines is 1. The monoisotopic (exact) mass is 436 g/mol. The van der Waals surface area contributed by atoms with E-state index in [-0.39, 0.29) is 29.2 Å². The van der Waals surface area contributed by atoms with Crippen LogP contribution < -0.4 is 15.2 Å². The summed E-state index contributed by atoms with van der Waals surface area (Å²) < 4.78 is 28.9. The molecule has 0 radical (unpaired) electrons. The average Bonchev–Trinajstić information content (AvgIpc) is 3.30. The number of aliphatic hydroxyl groups excluding tert-OH is 1. The minimum Gasteiger partial charge on any atom is -0.391 e. The van der Waals surface area contributed by atoms with Gasteiger partial charge in [0.1, 0.15) is 5.82 Å². The normalized spacial score (nSPS) is 25.4. The first-order chi connectivity index (χ1) is 14.5. The fourth-order valence-corrected chi connectivity index (χ4v) is 5.35. The molecule has 10 nitrogen and oxygen atoms in total. The van der Waals surface area contributed by atoms with Gasteiger partial charge in [-0.25, -0.2) is 22.8 Å². The van der Waals surface area contributed by atoms with Crippen LogP contribution in [0.25, 0.3) is 0 Å². The Balaban J connectivity index is 1.54. The third kappa shape index (κ3) is 4.42. The minimum atomic E-state index is -3.66. The number of piperidine rings is 1. The van der Waals surface area contributed by atoms with Crippen molar-refractivity contribution in [3.05, 3.63) is 35.0 Å². The number of H-pyrrole nitrogens is 1. The predicted molar refractivity (Wildman–Crippen MR) is 111 cm³/mol. The van der Waals surface area contributed by atoms with E-state index in [0.717, 1.165) is 45.1 Å². The number of rotatable bonds is 6. The van der Waals surface area contributed by atoms with Gasteiger partial charge in [-0.3, -0.25) is 4.79 Å². The number of sulfonamides is 1. The molecule has 0 spiro atoms. The third-order valence-electron chi connectivity index (χ3n) is 6.01. The zero-order valence-corrected chi connectivity index (χ0v) is 17.6. The van der Waals surface area contributed by atoms with Gasteiger partial charge < -0.3 is 15.0 Å². The lowest BCUT2D eigenvalue weighted by Gasteiger charge is -2.37. The molecular formula is C19H28N6O4S. The van der Waals surface area contributed by atoms with Crippen molar-refractivity contribution in [2.24, 2.45) is 0 Å². The van der Waals surface area contributed by atoms with E-state index in [1.165, 1.54) is 23.3 Å². The van der Waals surface area contributed by atoms with Crippen molar-refractivity contribution >= 4 is 15.8 Å². The molecule has 4 rings (SSSR count). The Hall–Kier alpha value is -2.24. The summed E-state index contributed by atoms with van der Waals surface area (Å²) in [6.45, 7) is 0.961. The summed E-state index contributed by atoms with van der Waals surface area (Å²) >= 11 is 0. The van der Waals surface area contributed by atoms with Crippen LogP contribution in [0.1, 0.15) is 51.0 Å². The number of nitrogens with zero attached hydrogens (tertiary/aromatic N) is 4. The van der Waals surface area contributed by atoms with Crippen molar-refractivity contribution in [3.63, 3.8) is 0 Å². The van der Waals surface area contributed by atoms with E-state index in [9.17, 15) is 18.3 Å². The molecule has 1 saturated heterocycles. The van der Waals surface area contributed by atoms with Gasteiger partial charge in [0.25, 0.3) is 15.6 Å². The van der Waals surface area contributed by atoms with Gasteiger partial charge in [-0.15, -0.1) is 0 Å². The number of imidazole rings is 1. The second-order valence-corrected chi connectivity index (χ2v) is 9.74. The Kier molecular flexibility index (Phi) is 6.21. The van der Waals surface area contributed by atoms with E-state index < -0.39 is 16.1 Å². The van der Waals surface area contributed by atoms with Crippen molar-refractivity contribution in [2.45, 2.75) is 68.2 Å². The summed E-state index contributed by atoms with van der Waals surface area (Å²) in [6, 6.07) is 2.79. The Morgan fingerprint density at radius 3 is 2.73 bits per heavy atom. The maximum atomic E-state index is 12.4. The average molecular weight is 437 g/mol. The summed E-state index contributed by atoms with van der Waals surface area (Å²) in [5, 5.41) is 15.0. The van der Waals surface area contributed by atoms with Gasteiger partial charge in [-0.1, -0.05) is 12.8 Å². The zero-order valence-electron chi connectivity index (χ0n) is 16.8. The van der Waals surface area contributed by atoms with Crippen molar-refractivity contribution in [1.29, 1.82) is 0 Å². The molecule has 3 atom stereocenters. The Labute approximate surface area is 175 Å². The number of anilines is 1. The van der Waals surface area contributed by atoms with Gasteiger partial charge in [-0.2, -0.15) is 5.10 Å². The standard InChI is InChI=1S/C19H28N6O4S/c26-16-7-2-1-6-15(16)25-19(27)9-8-17(23-25)24-10-4-3-5-14(24)11-22-30(28,29)18-12-20-13-21-18/h8-9,12-16,22,26H,1-7,10-11H2,(H,20,21). The molecule has 1 saturated carbocycles. The van der Waals surface area contributed by atoms with Crippen LogP contribution >= 0.6 is 0 Å². The van der Waals surface area contributed by atoms with E-state index in [1.807, 2.05) is 0 Å². The maximum Gasteiger partial charge on any atom is 0.267 e. The molecule has 0 bridgehead atoms. The Morgan fingerprint density at radius 1 is 1.17 bits per heavy atom. The van der Waals surface area contributed by atoms with Crippen molar-refractivity contribution in [1.82, 2.24) is 24.5 Å². The molecule has 2 aromatic heterocycles. The van der Waals surface area contributed by atoms with Gasteiger partial charge in [0.2, 0.25) is 0 Å². The minimum absolute atomic E-state index is 0.0304. The van der Waals surface area contributed by atoms with Crippen LogP contribution in [-0.2, 0) is 10.0 Å². The van der Waals surface area contributed by atoms with Crippen molar-refractivity contribution in [3.8, 4) is 0 Å².